The molecule has 1 atom stereocenters. The molecule has 14 heavy (non-hydrogen) atoms. The van der Waals surface area contributed by atoms with Gasteiger partial charge in [0, 0.05) is 12.5 Å². The van der Waals surface area contributed by atoms with Crippen LogP contribution in [-0.4, -0.2) is 25.5 Å². The number of hydrogen-bond donors (Lipinski definition) is 2. The molecule has 1 aliphatic rings. The van der Waals surface area contributed by atoms with Gasteiger partial charge in [-0.15, -0.1) is 0 Å². The Kier molecular flexibility index (Phi) is 4.94. The molecule has 1 saturated heterocycles. The molecule has 82 valence electrons. The number of amides is 1. The Balaban J connectivity index is 2.19. The summed E-state index contributed by atoms with van der Waals surface area (Å²) in [7, 11) is 0. The Morgan fingerprint density at radius 3 is 3.00 bits per heavy atom. The SMILES string of the molecule is CC(C)C(=O)NCC1CCCCNC1. The molecule has 1 unspecified atom stereocenters. The van der Waals surface area contributed by atoms with Crippen LogP contribution < -0.4 is 10.6 Å². The fourth-order valence-electron chi connectivity index (χ4n) is 1.71. The van der Waals surface area contributed by atoms with Gasteiger partial charge in [-0.1, -0.05) is 20.3 Å². The van der Waals surface area contributed by atoms with E-state index in [9.17, 15) is 4.79 Å². The summed E-state index contributed by atoms with van der Waals surface area (Å²) in [5.41, 5.74) is 0. The minimum Gasteiger partial charge on any atom is -0.356 e. The molecule has 3 heteroatoms. The average Bonchev–Trinajstić information content (AvgIpc) is 2.42. The summed E-state index contributed by atoms with van der Waals surface area (Å²) in [5.74, 6) is 0.906. The third-order valence-corrected chi connectivity index (χ3v) is 2.74. The molecule has 0 radical (unpaired) electrons. The number of hydrogen-bond acceptors (Lipinski definition) is 2. The zero-order valence-electron chi connectivity index (χ0n) is 9.31. The highest BCUT2D eigenvalue weighted by molar-refractivity contribution is 5.77. The van der Waals surface area contributed by atoms with Crippen molar-refractivity contribution >= 4 is 5.91 Å². The highest BCUT2D eigenvalue weighted by atomic mass is 16.1. The van der Waals surface area contributed by atoms with Crippen LogP contribution in [0.4, 0.5) is 0 Å². The lowest BCUT2D eigenvalue weighted by Gasteiger charge is -2.15. The van der Waals surface area contributed by atoms with Crippen LogP contribution in [0.15, 0.2) is 0 Å². The van der Waals surface area contributed by atoms with Gasteiger partial charge in [-0.3, -0.25) is 4.79 Å². The molecule has 0 bridgehead atoms. The number of rotatable bonds is 3. The normalized spacial score (nSPS) is 23.2. The van der Waals surface area contributed by atoms with Gasteiger partial charge in [-0.05, 0) is 31.8 Å². The molecular formula is C11H22N2O. The van der Waals surface area contributed by atoms with E-state index in [1.54, 1.807) is 0 Å². The minimum atomic E-state index is 0.105. The molecular weight excluding hydrogens is 176 g/mol. The predicted molar refractivity (Wildman–Crippen MR) is 58.1 cm³/mol. The van der Waals surface area contributed by atoms with Crippen LogP contribution in [0.25, 0.3) is 0 Å². The standard InChI is InChI=1S/C11H22N2O/c1-9(2)11(14)13-8-10-5-3-4-6-12-7-10/h9-10,12H,3-8H2,1-2H3,(H,13,14). The van der Waals surface area contributed by atoms with Crippen molar-refractivity contribution in [3.63, 3.8) is 0 Å². The molecule has 1 rings (SSSR count). The Morgan fingerprint density at radius 1 is 1.50 bits per heavy atom. The van der Waals surface area contributed by atoms with Crippen molar-refractivity contribution in [2.24, 2.45) is 11.8 Å². The first kappa shape index (κ1) is 11.5. The van der Waals surface area contributed by atoms with Crippen LogP contribution in [0.3, 0.4) is 0 Å². The van der Waals surface area contributed by atoms with Crippen molar-refractivity contribution in [2.45, 2.75) is 33.1 Å². The van der Waals surface area contributed by atoms with Crippen molar-refractivity contribution in [2.75, 3.05) is 19.6 Å². The zero-order valence-corrected chi connectivity index (χ0v) is 9.31. The molecule has 0 saturated carbocycles. The highest BCUT2D eigenvalue weighted by Gasteiger charge is 2.13. The molecule has 3 nitrogen and oxygen atoms in total. The van der Waals surface area contributed by atoms with Crippen LogP contribution in [-0.2, 0) is 4.79 Å². The van der Waals surface area contributed by atoms with Gasteiger partial charge in [-0.2, -0.15) is 0 Å². The predicted octanol–water partition coefficient (Wildman–Crippen LogP) is 1.15. The summed E-state index contributed by atoms with van der Waals surface area (Å²) in [4.78, 5) is 11.3. The molecule has 0 aliphatic carbocycles. The van der Waals surface area contributed by atoms with Crippen LogP contribution in [0, 0.1) is 11.8 Å². The van der Waals surface area contributed by atoms with E-state index in [2.05, 4.69) is 10.6 Å². The quantitative estimate of drug-likeness (QED) is 0.714. The lowest BCUT2D eigenvalue weighted by Crippen LogP contribution is -2.35. The Morgan fingerprint density at radius 2 is 2.29 bits per heavy atom. The maximum absolute atomic E-state index is 11.3. The average molecular weight is 198 g/mol. The first-order chi connectivity index (χ1) is 6.70. The highest BCUT2D eigenvalue weighted by Crippen LogP contribution is 2.10. The van der Waals surface area contributed by atoms with E-state index in [-0.39, 0.29) is 11.8 Å². The van der Waals surface area contributed by atoms with Gasteiger partial charge in [0.25, 0.3) is 0 Å². The van der Waals surface area contributed by atoms with Crippen molar-refractivity contribution in [3.8, 4) is 0 Å². The lowest BCUT2D eigenvalue weighted by molar-refractivity contribution is -0.124. The number of carbonyl (C=O) groups excluding carboxylic acids is 1. The summed E-state index contributed by atoms with van der Waals surface area (Å²) in [6, 6.07) is 0. The van der Waals surface area contributed by atoms with E-state index in [1.807, 2.05) is 13.8 Å². The maximum Gasteiger partial charge on any atom is 0.222 e. The molecule has 1 aliphatic heterocycles. The van der Waals surface area contributed by atoms with Crippen LogP contribution >= 0.6 is 0 Å². The lowest BCUT2D eigenvalue weighted by atomic mass is 10.0. The zero-order chi connectivity index (χ0) is 10.4. The fourth-order valence-corrected chi connectivity index (χ4v) is 1.71. The monoisotopic (exact) mass is 198 g/mol. The number of nitrogens with one attached hydrogen (secondary N) is 2. The van der Waals surface area contributed by atoms with Gasteiger partial charge in [0.2, 0.25) is 5.91 Å². The molecule has 0 aromatic rings. The molecule has 0 aromatic heterocycles. The second-order valence-electron chi connectivity index (χ2n) is 4.47. The second kappa shape index (κ2) is 6.02. The Labute approximate surface area is 86.6 Å². The largest absolute Gasteiger partial charge is 0.356 e. The van der Waals surface area contributed by atoms with Crippen molar-refractivity contribution < 1.29 is 4.79 Å². The Hall–Kier alpha value is -0.570. The van der Waals surface area contributed by atoms with E-state index in [4.69, 9.17) is 0 Å². The topological polar surface area (TPSA) is 41.1 Å². The van der Waals surface area contributed by atoms with E-state index < -0.39 is 0 Å². The second-order valence-corrected chi connectivity index (χ2v) is 4.47. The van der Waals surface area contributed by atoms with Gasteiger partial charge < -0.3 is 10.6 Å². The summed E-state index contributed by atoms with van der Waals surface area (Å²) in [6.07, 6.45) is 3.80. The third-order valence-electron chi connectivity index (χ3n) is 2.74. The molecule has 0 aromatic carbocycles. The third kappa shape index (κ3) is 4.09. The van der Waals surface area contributed by atoms with E-state index >= 15 is 0 Å². The van der Waals surface area contributed by atoms with Crippen molar-refractivity contribution in [1.82, 2.24) is 10.6 Å². The Bertz CT molecular complexity index is 172. The molecule has 1 heterocycles. The van der Waals surface area contributed by atoms with Gasteiger partial charge in [0.1, 0.15) is 0 Å². The minimum absolute atomic E-state index is 0.105. The van der Waals surface area contributed by atoms with Gasteiger partial charge in [0.05, 0.1) is 0 Å². The summed E-state index contributed by atoms with van der Waals surface area (Å²) in [5, 5.41) is 6.40. The molecule has 1 amide bonds. The van der Waals surface area contributed by atoms with Gasteiger partial charge in [0.15, 0.2) is 0 Å². The number of carbonyl (C=O) groups is 1. The maximum atomic E-state index is 11.3. The first-order valence-electron chi connectivity index (χ1n) is 5.68. The van der Waals surface area contributed by atoms with Crippen LogP contribution in [0.5, 0.6) is 0 Å². The first-order valence-corrected chi connectivity index (χ1v) is 5.68. The van der Waals surface area contributed by atoms with E-state index in [0.717, 1.165) is 19.6 Å². The fraction of sp³-hybridized carbons (Fsp3) is 0.909. The van der Waals surface area contributed by atoms with E-state index in [0.29, 0.717) is 5.92 Å². The molecule has 0 spiro atoms. The van der Waals surface area contributed by atoms with Crippen LogP contribution in [0.1, 0.15) is 33.1 Å². The molecule has 1 fully saturated rings. The van der Waals surface area contributed by atoms with Gasteiger partial charge in [-0.25, -0.2) is 0 Å². The summed E-state index contributed by atoms with van der Waals surface area (Å²) >= 11 is 0. The van der Waals surface area contributed by atoms with Crippen molar-refractivity contribution in [1.29, 1.82) is 0 Å². The van der Waals surface area contributed by atoms with Gasteiger partial charge >= 0.3 is 0 Å². The summed E-state index contributed by atoms with van der Waals surface area (Å²) < 4.78 is 0. The molecule has 2 N–H and O–H groups in total. The van der Waals surface area contributed by atoms with Crippen molar-refractivity contribution in [3.05, 3.63) is 0 Å². The van der Waals surface area contributed by atoms with E-state index in [1.165, 1.54) is 19.3 Å². The summed E-state index contributed by atoms with van der Waals surface area (Å²) in [6.45, 7) is 6.89. The smallest absolute Gasteiger partial charge is 0.222 e. The van der Waals surface area contributed by atoms with Crippen LogP contribution in [0.2, 0.25) is 0 Å².